The molecule has 1 aromatic heterocycles. The number of likely N-dealkylation sites (tertiary alicyclic amines) is 1. The standard InChI is InChI=1S/C21H23N3O2.C2HF3O2/c25-20(10-8-16-5-2-1-3-6-16)23-14-12-19-18(23)9-11-21(26)24(19)17-7-4-13-22-15-17;3-2(4,5)1(6)7/h1-7,13,15,18-19H,8-12,14H2;(H,6,7)/t18-,19-;/m0./s1. The molecule has 0 saturated carbocycles. The van der Waals surface area contributed by atoms with Crippen molar-refractivity contribution in [3.05, 3.63) is 60.4 Å². The number of hydrogen-bond acceptors (Lipinski definition) is 4. The first-order chi connectivity index (χ1) is 15.7. The van der Waals surface area contributed by atoms with Crippen LogP contribution in [0.3, 0.4) is 0 Å². The van der Waals surface area contributed by atoms with Crippen molar-refractivity contribution in [1.29, 1.82) is 0 Å². The monoisotopic (exact) mass is 463 g/mol. The third kappa shape index (κ3) is 6.09. The van der Waals surface area contributed by atoms with Crippen LogP contribution in [0.5, 0.6) is 0 Å². The molecule has 2 aliphatic heterocycles. The third-order valence-corrected chi connectivity index (χ3v) is 5.72. The number of fused-ring (bicyclic) bond motifs is 1. The predicted molar refractivity (Wildman–Crippen MR) is 113 cm³/mol. The van der Waals surface area contributed by atoms with E-state index in [-0.39, 0.29) is 23.9 Å². The molecule has 1 aromatic carbocycles. The molecule has 2 fully saturated rings. The minimum atomic E-state index is -5.08. The van der Waals surface area contributed by atoms with Gasteiger partial charge in [-0.1, -0.05) is 30.3 Å². The molecular formula is C23H24F3N3O4. The molecule has 0 spiro atoms. The van der Waals surface area contributed by atoms with Gasteiger partial charge in [-0.3, -0.25) is 14.6 Å². The van der Waals surface area contributed by atoms with E-state index in [1.54, 1.807) is 12.4 Å². The highest BCUT2D eigenvalue weighted by Crippen LogP contribution is 2.34. The summed E-state index contributed by atoms with van der Waals surface area (Å²) in [7, 11) is 0. The van der Waals surface area contributed by atoms with Crippen LogP contribution >= 0.6 is 0 Å². The van der Waals surface area contributed by atoms with Crippen LogP contribution in [0.25, 0.3) is 0 Å². The van der Waals surface area contributed by atoms with Gasteiger partial charge >= 0.3 is 12.1 Å². The Morgan fingerprint density at radius 1 is 1.06 bits per heavy atom. The summed E-state index contributed by atoms with van der Waals surface area (Å²) in [5.74, 6) is -2.42. The Kier molecular flexibility index (Phi) is 7.67. The maximum Gasteiger partial charge on any atom is 0.490 e. The third-order valence-electron chi connectivity index (χ3n) is 5.72. The Morgan fingerprint density at radius 3 is 2.36 bits per heavy atom. The summed E-state index contributed by atoms with van der Waals surface area (Å²) in [6, 6.07) is 14.1. The first-order valence-corrected chi connectivity index (χ1v) is 10.5. The second kappa shape index (κ2) is 10.5. The summed E-state index contributed by atoms with van der Waals surface area (Å²) in [6.45, 7) is 0.729. The molecule has 2 saturated heterocycles. The molecule has 2 amide bonds. The average Bonchev–Trinajstić information content (AvgIpc) is 3.22. The van der Waals surface area contributed by atoms with E-state index in [0.717, 1.165) is 31.5 Å². The minimum absolute atomic E-state index is 0.0705. The summed E-state index contributed by atoms with van der Waals surface area (Å²) >= 11 is 0. The highest BCUT2D eigenvalue weighted by Gasteiger charge is 2.45. The number of nitrogens with zero attached hydrogens (tertiary/aromatic N) is 3. The fourth-order valence-corrected chi connectivity index (χ4v) is 4.24. The van der Waals surface area contributed by atoms with Crippen LogP contribution in [0.1, 0.15) is 31.2 Å². The van der Waals surface area contributed by atoms with Gasteiger partial charge in [0.2, 0.25) is 11.8 Å². The van der Waals surface area contributed by atoms with Crippen LogP contribution in [0.15, 0.2) is 54.9 Å². The number of amides is 2. The van der Waals surface area contributed by atoms with E-state index in [2.05, 4.69) is 17.1 Å². The summed E-state index contributed by atoms with van der Waals surface area (Å²) in [5, 5.41) is 7.12. The number of pyridine rings is 1. The van der Waals surface area contributed by atoms with Crippen molar-refractivity contribution in [2.45, 2.75) is 50.4 Å². The Balaban J connectivity index is 0.000000383. The summed E-state index contributed by atoms with van der Waals surface area (Å²) in [5.41, 5.74) is 2.03. The van der Waals surface area contributed by atoms with Crippen molar-refractivity contribution >= 4 is 23.5 Å². The van der Waals surface area contributed by atoms with Crippen molar-refractivity contribution in [3.8, 4) is 0 Å². The molecule has 10 heteroatoms. The molecule has 1 N–H and O–H groups in total. The lowest BCUT2D eigenvalue weighted by molar-refractivity contribution is -0.192. The van der Waals surface area contributed by atoms with E-state index < -0.39 is 12.1 Å². The van der Waals surface area contributed by atoms with Gasteiger partial charge in [-0.05, 0) is 37.0 Å². The number of carboxylic acids is 1. The van der Waals surface area contributed by atoms with E-state index >= 15 is 0 Å². The van der Waals surface area contributed by atoms with E-state index in [1.165, 1.54) is 5.56 Å². The zero-order valence-electron chi connectivity index (χ0n) is 17.7. The van der Waals surface area contributed by atoms with Crippen molar-refractivity contribution in [2.24, 2.45) is 0 Å². The Labute approximate surface area is 188 Å². The zero-order chi connectivity index (χ0) is 24.0. The van der Waals surface area contributed by atoms with Crippen LogP contribution in [0.4, 0.5) is 18.9 Å². The van der Waals surface area contributed by atoms with E-state index in [1.807, 2.05) is 40.1 Å². The lowest BCUT2D eigenvalue weighted by atomic mass is 9.95. The Bertz CT molecular complexity index is 970. The van der Waals surface area contributed by atoms with Gasteiger partial charge in [-0.25, -0.2) is 4.79 Å². The van der Waals surface area contributed by atoms with Crippen LogP contribution in [-0.4, -0.2) is 57.6 Å². The summed E-state index contributed by atoms with van der Waals surface area (Å²) in [4.78, 5) is 42.2. The first kappa shape index (κ1) is 24.2. The number of carbonyl (C=O) groups is 3. The molecule has 0 bridgehead atoms. The summed E-state index contributed by atoms with van der Waals surface area (Å²) in [6.07, 6.45) is 1.73. The largest absolute Gasteiger partial charge is 0.490 e. The average molecular weight is 463 g/mol. The number of rotatable bonds is 4. The number of halogens is 3. The number of aliphatic carboxylic acids is 1. The fraction of sp³-hybridized carbons (Fsp3) is 0.391. The predicted octanol–water partition coefficient (Wildman–Crippen LogP) is 3.44. The lowest BCUT2D eigenvalue weighted by Crippen LogP contribution is -2.53. The number of benzene rings is 1. The Morgan fingerprint density at radius 2 is 1.76 bits per heavy atom. The lowest BCUT2D eigenvalue weighted by Gasteiger charge is -2.39. The second-order valence-electron chi connectivity index (χ2n) is 7.81. The number of carboxylic acid groups (broad SMARTS) is 1. The smallest absolute Gasteiger partial charge is 0.475 e. The fourth-order valence-electron chi connectivity index (χ4n) is 4.24. The van der Waals surface area contributed by atoms with Gasteiger partial charge in [0.15, 0.2) is 0 Å². The molecule has 0 unspecified atom stereocenters. The van der Waals surface area contributed by atoms with Crippen molar-refractivity contribution in [2.75, 3.05) is 11.4 Å². The van der Waals surface area contributed by atoms with E-state index in [9.17, 15) is 22.8 Å². The van der Waals surface area contributed by atoms with Gasteiger partial charge in [-0.15, -0.1) is 0 Å². The highest BCUT2D eigenvalue weighted by molar-refractivity contribution is 5.95. The molecule has 2 aliphatic rings. The second-order valence-corrected chi connectivity index (χ2v) is 7.81. The number of hydrogen-bond donors (Lipinski definition) is 1. The van der Waals surface area contributed by atoms with Crippen molar-refractivity contribution in [1.82, 2.24) is 9.88 Å². The topological polar surface area (TPSA) is 90.8 Å². The minimum Gasteiger partial charge on any atom is -0.475 e. The first-order valence-electron chi connectivity index (χ1n) is 10.5. The van der Waals surface area contributed by atoms with Gasteiger partial charge in [0.05, 0.1) is 24.0 Å². The molecule has 4 rings (SSSR count). The summed E-state index contributed by atoms with van der Waals surface area (Å²) < 4.78 is 31.7. The van der Waals surface area contributed by atoms with Crippen LogP contribution in [-0.2, 0) is 20.8 Å². The van der Waals surface area contributed by atoms with Crippen molar-refractivity contribution in [3.63, 3.8) is 0 Å². The number of carbonyl (C=O) groups excluding carboxylic acids is 2. The number of alkyl halides is 3. The van der Waals surface area contributed by atoms with Crippen LogP contribution in [0.2, 0.25) is 0 Å². The molecular weight excluding hydrogens is 439 g/mol. The van der Waals surface area contributed by atoms with Crippen molar-refractivity contribution < 1.29 is 32.7 Å². The molecule has 0 aliphatic carbocycles. The number of piperidine rings is 1. The molecule has 2 atom stereocenters. The van der Waals surface area contributed by atoms with E-state index in [0.29, 0.717) is 12.8 Å². The molecule has 33 heavy (non-hydrogen) atoms. The number of aromatic nitrogens is 1. The molecule has 0 radical (unpaired) electrons. The van der Waals surface area contributed by atoms with Gasteiger partial charge in [0.25, 0.3) is 0 Å². The number of aryl methyl sites for hydroxylation is 1. The zero-order valence-corrected chi connectivity index (χ0v) is 17.7. The molecule has 176 valence electrons. The van der Waals surface area contributed by atoms with Gasteiger partial charge in [-0.2, -0.15) is 13.2 Å². The number of anilines is 1. The maximum atomic E-state index is 12.8. The van der Waals surface area contributed by atoms with Gasteiger partial charge in [0, 0.05) is 25.6 Å². The molecule has 2 aromatic rings. The van der Waals surface area contributed by atoms with Crippen LogP contribution < -0.4 is 4.90 Å². The maximum absolute atomic E-state index is 12.8. The van der Waals surface area contributed by atoms with E-state index in [4.69, 9.17) is 9.90 Å². The normalized spacial score (nSPS) is 20.0. The quantitative estimate of drug-likeness (QED) is 0.750. The van der Waals surface area contributed by atoms with Crippen LogP contribution in [0, 0.1) is 0 Å². The van der Waals surface area contributed by atoms with Gasteiger partial charge in [0.1, 0.15) is 0 Å². The Hall–Kier alpha value is -3.43. The molecule has 3 heterocycles. The van der Waals surface area contributed by atoms with Gasteiger partial charge < -0.3 is 14.9 Å². The SMILES string of the molecule is O=C(CCc1ccccc1)N1CC[C@H]2[C@@H]1CCC(=O)N2c1cccnc1.O=C(O)C(F)(F)F. The molecule has 7 nitrogen and oxygen atoms in total. The highest BCUT2D eigenvalue weighted by atomic mass is 19.4.